The molecule has 2 aromatic carbocycles. The van der Waals surface area contributed by atoms with Gasteiger partial charge < -0.3 is 5.11 Å². The van der Waals surface area contributed by atoms with Crippen molar-refractivity contribution in [1.82, 2.24) is 19.0 Å². The zero-order valence-corrected chi connectivity index (χ0v) is 23.5. The number of thioether (sulfide) groups is 1. The Labute approximate surface area is 236 Å². The monoisotopic (exact) mass is 582 g/mol. The van der Waals surface area contributed by atoms with Gasteiger partial charge in [-0.15, -0.1) is 0 Å². The third-order valence-electron chi connectivity index (χ3n) is 6.58. The lowest BCUT2D eigenvalue weighted by Gasteiger charge is -2.30. The molecule has 3 heterocycles. The lowest BCUT2D eigenvalue weighted by molar-refractivity contribution is -0.140. The summed E-state index contributed by atoms with van der Waals surface area (Å²) >= 11 is 6.26. The Hall–Kier alpha value is -3.32. The number of carboxylic acids is 1. The lowest BCUT2D eigenvalue weighted by Crippen LogP contribution is -2.39. The van der Waals surface area contributed by atoms with Gasteiger partial charge in [-0.05, 0) is 49.1 Å². The lowest BCUT2D eigenvalue weighted by atomic mass is 10.0. The first-order valence-corrected chi connectivity index (χ1v) is 15.0. The summed E-state index contributed by atoms with van der Waals surface area (Å²) in [6.07, 6.45) is 5.20. The maximum absolute atomic E-state index is 13.5. The number of aliphatic carboxylic acids is 1. The van der Waals surface area contributed by atoms with Gasteiger partial charge in [-0.3, -0.25) is 14.5 Å². The quantitative estimate of drug-likeness (QED) is 0.325. The van der Waals surface area contributed by atoms with E-state index in [2.05, 4.69) is 6.92 Å². The van der Waals surface area contributed by atoms with Crippen LogP contribution < -0.4 is 0 Å². The summed E-state index contributed by atoms with van der Waals surface area (Å²) in [4.78, 5) is 25.6. The van der Waals surface area contributed by atoms with E-state index in [-0.39, 0.29) is 14.1 Å². The van der Waals surface area contributed by atoms with E-state index in [1.54, 1.807) is 41.2 Å². The first-order valence-electron chi connectivity index (χ1n) is 12.4. The van der Waals surface area contributed by atoms with Gasteiger partial charge in [0.05, 0.1) is 15.5 Å². The van der Waals surface area contributed by atoms with Gasteiger partial charge in [0.15, 0.2) is 0 Å². The molecule has 202 valence electrons. The second kappa shape index (κ2) is 11.0. The van der Waals surface area contributed by atoms with Crippen molar-refractivity contribution in [3.63, 3.8) is 0 Å². The Morgan fingerprint density at radius 3 is 2.69 bits per heavy atom. The van der Waals surface area contributed by atoms with Gasteiger partial charge in [-0.25, -0.2) is 13.1 Å². The van der Waals surface area contributed by atoms with Gasteiger partial charge in [0.25, 0.3) is 5.91 Å². The molecule has 0 bridgehead atoms. The molecule has 0 radical (unpaired) electrons. The van der Waals surface area contributed by atoms with Gasteiger partial charge in [-0.1, -0.05) is 61.2 Å². The number of carbonyl (C=O) groups excluding carboxylic acids is 1. The van der Waals surface area contributed by atoms with Gasteiger partial charge in [0, 0.05) is 30.4 Å². The summed E-state index contributed by atoms with van der Waals surface area (Å²) in [5.41, 5.74) is 2.40. The largest absolute Gasteiger partial charge is 0.480 e. The molecule has 2 aliphatic rings. The van der Waals surface area contributed by atoms with Crippen molar-refractivity contribution in [2.24, 2.45) is 5.92 Å². The second-order valence-corrected chi connectivity index (χ2v) is 13.1. The fraction of sp³-hybridized carbons (Fsp3) is 0.259. The fourth-order valence-corrected chi connectivity index (χ4v) is 7.55. The number of amides is 1. The topological polar surface area (TPSA) is 113 Å². The molecule has 5 rings (SSSR count). The molecule has 2 saturated heterocycles. The third kappa shape index (κ3) is 5.69. The van der Waals surface area contributed by atoms with Crippen LogP contribution in [0.2, 0.25) is 0 Å². The predicted octanol–water partition coefficient (Wildman–Crippen LogP) is 4.25. The number of para-hydroxylation sites is 1. The first-order chi connectivity index (χ1) is 18.6. The SMILES string of the molecule is CC1CCCN(S(=O)(=O)c2cccc(-c3nn(-c4ccccc4)cc3/C=C3\SC(=S)N(CC(=O)O)C3=O)c2)C1. The van der Waals surface area contributed by atoms with Gasteiger partial charge in [0.2, 0.25) is 10.0 Å². The summed E-state index contributed by atoms with van der Waals surface area (Å²) in [6.45, 7) is 2.51. The van der Waals surface area contributed by atoms with Crippen LogP contribution in [0.1, 0.15) is 25.3 Å². The van der Waals surface area contributed by atoms with E-state index >= 15 is 0 Å². The van der Waals surface area contributed by atoms with Gasteiger partial charge in [-0.2, -0.15) is 9.40 Å². The van der Waals surface area contributed by atoms with Crippen LogP contribution in [0.3, 0.4) is 0 Å². The molecule has 0 spiro atoms. The van der Waals surface area contributed by atoms with Crippen molar-refractivity contribution < 1.29 is 23.1 Å². The Morgan fingerprint density at radius 1 is 1.21 bits per heavy atom. The number of carbonyl (C=O) groups is 2. The van der Waals surface area contributed by atoms with Crippen LogP contribution >= 0.6 is 24.0 Å². The number of rotatable bonds is 7. The molecule has 0 saturated carbocycles. The smallest absolute Gasteiger partial charge is 0.323 e. The van der Waals surface area contributed by atoms with E-state index in [0.717, 1.165) is 35.2 Å². The van der Waals surface area contributed by atoms with Crippen LogP contribution in [0.4, 0.5) is 0 Å². The molecule has 39 heavy (non-hydrogen) atoms. The number of sulfonamides is 1. The molecule has 2 fully saturated rings. The zero-order chi connectivity index (χ0) is 27.7. The van der Waals surface area contributed by atoms with Crippen molar-refractivity contribution in [3.05, 3.63) is 71.3 Å². The Bertz CT molecular complexity index is 1580. The van der Waals surface area contributed by atoms with Crippen LogP contribution in [0, 0.1) is 5.92 Å². The summed E-state index contributed by atoms with van der Waals surface area (Å²) in [5, 5.41) is 13.9. The van der Waals surface area contributed by atoms with Gasteiger partial charge >= 0.3 is 5.97 Å². The summed E-state index contributed by atoms with van der Waals surface area (Å²) in [7, 11) is -3.70. The predicted molar refractivity (Wildman–Crippen MR) is 154 cm³/mol. The fourth-order valence-electron chi connectivity index (χ4n) is 4.66. The summed E-state index contributed by atoms with van der Waals surface area (Å²) in [6, 6.07) is 16.1. The molecular formula is C27H26N4O5S3. The van der Waals surface area contributed by atoms with Crippen molar-refractivity contribution in [2.45, 2.75) is 24.7 Å². The summed E-state index contributed by atoms with van der Waals surface area (Å²) in [5.74, 6) is -1.36. The van der Waals surface area contributed by atoms with E-state index in [1.807, 2.05) is 30.3 Å². The number of piperidine rings is 1. The molecule has 1 N–H and O–H groups in total. The molecule has 1 aromatic heterocycles. The highest BCUT2D eigenvalue weighted by molar-refractivity contribution is 8.26. The minimum Gasteiger partial charge on any atom is -0.480 e. The molecule has 0 aliphatic carbocycles. The molecule has 3 aromatic rings. The Balaban J connectivity index is 1.57. The average molecular weight is 583 g/mol. The molecule has 1 atom stereocenters. The highest BCUT2D eigenvalue weighted by Crippen LogP contribution is 2.35. The standard InChI is InChI=1S/C27H26N4O5S3/c1-18-7-6-12-29(15-18)39(35,36)22-11-5-8-19(13-22)25-20(16-31(28-25)21-9-3-2-4-10-21)14-23-26(34)30(17-24(32)33)27(37)38-23/h2-5,8-11,13-14,16,18H,6-7,12,15,17H2,1H3,(H,32,33)/b23-14-. The van der Waals surface area contributed by atoms with Crippen molar-refractivity contribution in [2.75, 3.05) is 19.6 Å². The van der Waals surface area contributed by atoms with Crippen LogP contribution in [0.5, 0.6) is 0 Å². The third-order valence-corrected chi connectivity index (χ3v) is 9.82. The highest BCUT2D eigenvalue weighted by atomic mass is 32.2. The van der Waals surface area contributed by atoms with Gasteiger partial charge in [0.1, 0.15) is 16.6 Å². The van der Waals surface area contributed by atoms with E-state index in [9.17, 15) is 18.0 Å². The molecule has 1 amide bonds. The van der Waals surface area contributed by atoms with Crippen molar-refractivity contribution in [1.29, 1.82) is 0 Å². The maximum Gasteiger partial charge on any atom is 0.323 e. The van der Waals surface area contributed by atoms with Crippen LogP contribution in [0.15, 0.2) is 70.6 Å². The van der Waals surface area contributed by atoms with Crippen molar-refractivity contribution in [3.8, 4) is 16.9 Å². The normalized spacial score (nSPS) is 19.7. The number of benzene rings is 2. The Morgan fingerprint density at radius 2 is 1.97 bits per heavy atom. The Kier molecular flexibility index (Phi) is 7.72. The van der Waals surface area contributed by atoms with Crippen molar-refractivity contribution >= 4 is 56.3 Å². The number of nitrogens with zero attached hydrogens (tertiary/aromatic N) is 4. The number of thiocarbonyl (C=S) groups is 1. The number of hydrogen-bond acceptors (Lipinski definition) is 7. The van der Waals surface area contributed by atoms with E-state index < -0.39 is 28.4 Å². The average Bonchev–Trinajstić information content (AvgIpc) is 3.45. The zero-order valence-electron chi connectivity index (χ0n) is 21.1. The van der Waals surface area contributed by atoms with E-state index in [1.165, 1.54) is 4.31 Å². The summed E-state index contributed by atoms with van der Waals surface area (Å²) < 4.78 is 30.3. The van der Waals surface area contributed by atoms with Crippen LogP contribution in [0.25, 0.3) is 23.0 Å². The molecule has 9 nitrogen and oxygen atoms in total. The van der Waals surface area contributed by atoms with E-state index in [4.69, 9.17) is 22.4 Å². The second-order valence-electron chi connectivity index (χ2n) is 9.51. The molecular weight excluding hydrogens is 557 g/mol. The van der Waals surface area contributed by atoms with Crippen LogP contribution in [-0.4, -0.2) is 68.3 Å². The number of carboxylic acid groups (broad SMARTS) is 1. The highest BCUT2D eigenvalue weighted by Gasteiger charge is 2.34. The molecule has 2 aliphatic heterocycles. The van der Waals surface area contributed by atoms with Crippen LogP contribution in [-0.2, 0) is 19.6 Å². The minimum atomic E-state index is -3.70. The minimum absolute atomic E-state index is 0.162. The molecule has 12 heteroatoms. The number of aromatic nitrogens is 2. The molecule has 1 unspecified atom stereocenters. The van der Waals surface area contributed by atoms with E-state index in [0.29, 0.717) is 35.8 Å². The maximum atomic E-state index is 13.5. The first kappa shape index (κ1) is 27.3. The number of hydrogen-bond donors (Lipinski definition) is 1.